The van der Waals surface area contributed by atoms with Crippen LogP contribution in [0.5, 0.6) is 0 Å². The van der Waals surface area contributed by atoms with Crippen LogP contribution >= 0.6 is 15.9 Å². The van der Waals surface area contributed by atoms with Crippen molar-refractivity contribution in [1.29, 1.82) is 0 Å². The van der Waals surface area contributed by atoms with Crippen molar-refractivity contribution in [3.05, 3.63) is 22.3 Å². The van der Waals surface area contributed by atoms with Gasteiger partial charge in [0.05, 0.1) is 6.54 Å². The first-order valence-corrected chi connectivity index (χ1v) is 4.45. The first-order chi connectivity index (χ1) is 5.75. The topological polar surface area (TPSA) is 42.0 Å². The largest absolute Gasteiger partial charge is 0.363 e. The van der Waals surface area contributed by atoms with Gasteiger partial charge < -0.3 is 5.32 Å². The maximum absolute atomic E-state index is 11.0. The van der Waals surface area contributed by atoms with Crippen LogP contribution in [0.3, 0.4) is 0 Å². The van der Waals surface area contributed by atoms with Crippen LogP contribution in [0.4, 0.5) is 5.82 Å². The van der Waals surface area contributed by atoms with Crippen LogP contribution in [-0.4, -0.2) is 17.3 Å². The van der Waals surface area contributed by atoms with E-state index in [1.807, 2.05) is 6.07 Å². The zero-order valence-electron chi connectivity index (χ0n) is 6.30. The molecule has 1 aliphatic rings. The molecule has 0 amide bonds. The number of ketones is 1. The molecule has 1 aromatic heterocycles. The number of fused-ring (bicyclic) bond motifs is 1. The normalized spacial score (nSPS) is 15.2. The van der Waals surface area contributed by atoms with Gasteiger partial charge >= 0.3 is 0 Å². The number of rotatable bonds is 0. The zero-order chi connectivity index (χ0) is 8.55. The Morgan fingerprint density at radius 1 is 1.58 bits per heavy atom. The molecule has 0 unspecified atom stereocenters. The van der Waals surface area contributed by atoms with E-state index in [1.165, 1.54) is 0 Å². The average Bonchev–Trinajstić information content (AvgIpc) is 2.03. The second-order valence-electron chi connectivity index (χ2n) is 2.73. The van der Waals surface area contributed by atoms with E-state index in [1.54, 1.807) is 6.20 Å². The first kappa shape index (κ1) is 7.73. The van der Waals surface area contributed by atoms with Crippen molar-refractivity contribution in [2.24, 2.45) is 0 Å². The van der Waals surface area contributed by atoms with Crippen LogP contribution in [0.15, 0.2) is 16.7 Å². The fourth-order valence-corrected chi connectivity index (χ4v) is 1.61. The number of carbonyl (C=O) groups excluding carboxylic acids is 1. The smallest absolute Gasteiger partial charge is 0.156 e. The minimum absolute atomic E-state index is 0.211. The Hall–Kier alpha value is -0.900. The summed E-state index contributed by atoms with van der Waals surface area (Å²) in [6.45, 7) is 0.404. The van der Waals surface area contributed by atoms with Gasteiger partial charge in [-0.2, -0.15) is 0 Å². The van der Waals surface area contributed by atoms with Gasteiger partial charge in [0.1, 0.15) is 5.82 Å². The zero-order valence-corrected chi connectivity index (χ0v) is 7.89. The lowest BCUT2D eigenvalue weighted by Gasteiger charge is -2.15. The maximum Gasteiger partial charge on any atom is 0.156 e. The third kappa shape index (κ3) is 1.34. The van der Waals surface area contributed by atoms with E-state index in [0.717, 1.165) is 15.9 Å². The van der Waals surface area contributed by atoms with Gasteiger partial charge in [0, 0.05) is 22.7 Å². The summed E-state index contributed by atoms with van der Waals surface area (Å²) in [4.78, 5) is 15.2. The molecule has 0 saturated carbocycles. The molecule has 0 fully saturated rings. The average molecular weight is 227 g/mol. The number of nitrogens with one attached hydrogen (secondary N) is 1. The van der Waals surface area contributed by atoms with E-state index in [4.69, 9.17) is 0 Å². The Labute approximate surface area is 78.3 Å². The van der Waals surface area contributed by atoms with Crippen molar-refractivity contribution < 1.29 is 4.79 Å². The van der Waals surface area contributed by atoms with Crippen LogP contribution < -0.4 is 5.32 Å². The Kier molecular flexibility index (Phi) is 1.84. The van der Waals surface area contributed by atoms with E-state index >= 15 is 0 Å². The molecule has 0 bridgehead atoms. The fraction of sp³-hybridized carbons (Fsp3) is 0.250. The van der Waals surface area contributed by atoms with Crippen molar-refractivity contribution >= 4 is 27.5 Å². The summed E-state index contributed by atoms with van der Waals surface area (Å²) in [5, 5.41) is 2.96. The Morgan fingerprint density at radius 3 is 3.25 bits per heavy atom. The molecule has 1 aliphatic heterocycles. The van der Waals surface area contributed by atoms with Crippen LogP contribution in [0.2, 0.25) is 0 Å². The Morgan fingerprint density at radius 2 is 2.42 bits per heavy atom. The Bertz CT molecular complexity index is 338. The number of hydrogen-bond acceptors (Lipinski definition) is 3. The molecule has 3 nitrogen and oxygen atoms in total. The SMILES string of the molecule is O=C1CNc2ncc(Br)cc2C1. The fourth-order valence-electron chi connectivity index (χ4n) is 1.23. The highest BCUT2D eigenvalue weighted by atomic mass is 79.9. The second kappa shape index (κ2) is 2.86. The summed E-state index contributed by atoms with van der Waals surface area (Å²) in [6, 6.07) is 1.92. The van der Waals surface area contributed by atoms with Gasteiger partial charge in [-0.3, -0.25) is 4.79 Å². The number of hydrogen-bond donors (Lipinski definition) is 1. The highest BCUT2D eigenvalue weighted by Gasteiger charge is 2.15. The number of anilines is 1. The molecule has 2 heterocycles. The minimum Gasteiger partial charge on any atom is -0.363 e. The van der Waals surface area contributed by atoms with E-state index in [2.05, 4.69) is 26.2 Å². The number of nitrogens with zero attached hydrogens (tertiary/aromatic N) is 1. The number of halogens is 1. The quantitative estimate of drug-likeness (QED) is 0.727. The molecule has 62 valence electrons. The van der Waals surface area contributed by atoms with E-state index in [0.29, 0.717) is 13.0 Å². The Balaban J connectivity index is 2.44. The van der Waals surface area contributed by atoms with Crippen LogP contribution in [-0.2, 0) is 11.2 Å². The maximum atomic E-state index is 11.0. The molecule has 4 heteroatoms. The number of pyridine rings is 1. The highest BCUT2D eigenvalue weighted by molar-refractivity contribution is 9.10. The third-order valence-corrected chi connectivity index (χ3v) is 2.21. The van der Waals surface area contributed by atoms with Crippen molar-refractivity contribution in [1.82, 2.24) is 4.98 Å². The number of aromatic nitrogens is 1. The van der Waals surface area contributed by atoms with Gasteiger partial charge in [-0.1, -0.05) is 0 Å². The summed E-state index contributed by atoms with van der Waals surface area (Å²) in [7, 11) is 0. The van der Waals surface area contributed by atoms with Crippen LogP contribution in [0.1, 0.15) is 5.56 Å². The molecular formula is C8H7BrN2O. The van der Waals surface area contributed by atoms with Gasteiger partial charge in [-0.05, 0) is 22.0 Å². The van der Waals surface area contributed by atoms with Crippen LogP contribution in [0, 0.1) is 0 Å². The molecular weight excluding hydrogens is 220 g/mol. The monoisotopic (exact) mass is 226 g/mol. The predicted molar refractivity (Wildman–Crippen MR) is 49.1 cm³/mol. The molecule has 0 saturated heterocycles. The van der Waals surface area contributed by atoms with Crippen molar-refractivity contribution in [2.75, 3.05) is 11.9 Å². The summed E-state index contributed by atoms with van der Waals surface area (Å²) in [6.07, 6.45) is 2.22. The summed E-state index contributed by atoms with van der Waals surface area (Å²) < 4.78 is 0.915. The molecule has 12 heavy (non-hydrogen) atoms. The van der Waals surface area contributed by atoms with Crippen molar-refractivity contribution in [2.45, 2.75) is 6.42 Å². The van der Waals surface area contributed by atoms with Gasteiger partial charge in [0.25, 0.3) is 0 Å². The second-order valence-corrected chi connectivity index (χ2v) is 3.65. The van der Waals surface area contributed by atoms with Crippen LogP contribution in [0.25, 0.3) is 0 Å². The van der Waals surface area contributed by atoms with Crippen molar-refractivity contribution in [3.63, 3.8) is 0 Å². The molecule has 0 aromatic carbocycles. The lowest BCUT2D eigenvalue weighted by molar-refractivity contribution is -0.117. The number of carbonyl (C=O) groups is 1. The van der Waals surface area contributed by atoms with E-state index in [-0.39, 0.29) is 5.78 Å². The molecule has 0 atom stereocenters. The lowest BCUT2D eigenvalue weighted by atomic mass is 10.1. The lowest BCUT2D eigenvalue weighted by Crippen LogP contribution is -2.23. The van der Waals surface area contributed by atoms with Crippen molar-refractivity contribution in [3.8, 4) is 0 Å². The van der Waals surface area contributed by atoms with E-state index < -0.39 is 0 Å². The first-order valence-electron chi connectivity index (χ1n) is 3.66. The predicted octanol–water partition coefficient (Wildman–Crippen LogP) is 1.38. The molecule has 0 radical (unpaired) electrons. The van der Waals surface area contributed by atoms with Gasteiger partial charge in [0.2, 0.25) is 0 Å². The molecule has 1 N–H and O–H groups in total. The van der Waals surface area contributed by atoms with Gasteiger partial charge in [0.15, 0.2) is 5.78 Å². The molecule has 0 spiro atoms. The summed E-state index contributed by atoms with van der Waals surface area (Å²) in [5.74, 6) is 1.04. The molecule has 0 aliphatic carbocycles. The summed E-state index contributed by atoms with van der Waals surface area (Å²) >= 11 is 3.31. The van der Waals surface area contributed by atoms with Gasteiger partial charge in [-0.25, -0.2) is 4.98 Å². The third-order valence-electron chi connectivity index (χ3n) is 1.77. The van der Waals surface area contributed by atoms with Gasteiger partial charge in [-0.15, -0.1) is 0 Å². The minimum atomic E-state index is 0.211. The molecule has 1 aromatic rings. The van der Waals surface area contributed by atoms with E-state index in [9.17, 15) is 4.79 Å². The summed E-state index contributed by atoms with van der Waals surface area (Å²) in [5.41, 5.74) is 0.973. The highest BCUT2D eigenvalue weighted by Crippen LogP contribution is 2.21. The standard InChI is InChI=1S/C8H7BrN2O/c9-6-1-5-2-7(12)4-11-8(5)10-3-6/h1,3H,2,4H2,(H,10,11). The number of Topliss-reactive ketones (excluding diaryl/α,β-unsaturated/α-hetero) is 1. The molecule has 2 rings (SSSR count).